The fraction of sp³-hybridized carbons (Fsp3) is 0.636. The predicted molar refractivity (Wildman–Crippen MR) is 58.3 cm³/mol. The summed E-state index contributed by atoms with van der Waals surface area (Å²) in [7, 11) is 0. The van der Waals surface area contributed by atoms with Gasteiger partial charge in [-0.1, -0.05) is 18.9 Å². The highest BCUT2D eigenvalue weighted by atomic mass is 32.1. The molecule has 0 unspecified atom stereocenters. The number of nitrogens with one attached hydrogen (secondary N) is 1. The average molecular weight is 195 g/mol. The van der Waals surface area contributed by atoms with Crippen LogP contribution in [0.15, 0.2) is 17.5 Å². The molecule has 0 aromatic carbocycles. The second-order valence-electron chi connectivity index (χ2n) is 3.76. The lowest BCUT2D eigenvalue weighted by Crippen LogP contribution is -2.27. The zero-order valence-corrected chi connectivity index (χ0v) is 8.78. The third kappa shape index (κ3) is 2.82. The highest BCUT2D eigenvalue weighted by molar-refractivity contribution is 7.09. The zero-order chi connectivity index (χ0) is 8.93. The van der Waals surface area contributed by atoms with E-state index in [1.54, 1.807) is 0 Å². The molecule has 13 heavy (non-hydrogen) atoms. The maximum atomic E-state index is 3.63. The van der Waals surface area contributed by atoms with Gasteiger partial charge in [0, 0.05) is 17.5 Å². The molecule has 0 radical (unpaired) electrons. The number of hydrogen-bond acceptors (Lipinski definition) is 2. The van der Waals surface area contributed by atoms with Gasteiger partial charge >= 0.3 is 0 Å². The van der Waals surface area contributed by atoms with Crippen molar-refractivity contribution in [2.45, 2.75) is 38.1 Å². The van der Waals surface area contributed by atoms with E-state index in [1.807, 2.05) is 11.3 Å². The van der Waals surface area contributed by atoms with Crippen LogP contribution in [0.2, 0.25) is 0 Å². The van der Waals surface area contributed by atoms with E-state index in [2.05, 4.69) is 22.8 Å². The van der Waals surface area contributed by atoms with E-state index in [0.29, 0.717) is 0 Å². The fourth-order valence-electron chi connectivity index (χ4n) is 1.98. The Morgan fingerprint density at radius 3 is 2.92 bits per heavy atom. The van der Waals surface area contributed by atoms with Crippen LogP contribution >= 0.6 is 11.3 Å². The van der Waals surface area contributed by atoms with E-state index < -0.39 is 0 Å². The van der Waals surface area contributed by atoms with E-state index >= 15 is 0 Å². The Morgan fingerprint density at radius 2 is 2.23 bits per heavy atom. The summed E-state index contributed by atoms with van der Waals surface area (Å²) in [5.74, 6) is 0. The van der Waals surface area contributed by atoms with Gasteiger partial charge in [-0.3, -0.25) is 0 Å². The van der Waals surface area contributed by atoms with Crippen LogP contribution in [0.4, 0.5) is 0 Å². The van der Waals surface area contributed by atoms with E-state index in [-0.39, 0.29) is 0 Å². The van der Waals surface area contributed by atoms with Crippen molar-refractivity contribution in [1.29, 1.82) is 0 Å². The lowest BCUT2D eigenvalue weighted by Gasteiger charge is -2.10. The van der Waals surface area contributed by atoms with Gasteiger partial charge in [0.25, 0.3) is 0 Å². The molecule has 1 aliphatic rings. The van der Waals surface area contributed by atoms with Gasteiger partial charge in [-0.05, 0) is 30.7 Å². The van der Waals surface area contributed by atoms with Crippen LogP contribution in [0.25, 0.3) is 0 Å². The lowest BCUT2D eigenvalue weighted by atomic mass is 10.2. The fourth-order valence-corrected chi connectivity index (χ4v) is 2.69. The standard InChI is InChI=1S/C11H17NS/c1-2-5-10(4-1)12-8-7-11-6-3-9-13-11/h3,6,9-10,12H,1-2,4-5,7-8H2. The highest BCUT2D eigenvalue weighted by Gasteiger charge is 2.13. The second kappa shape index (κ2) is 4.77. The van der Waals surface area contributed by atoms with Crippen LogP contribution < -0.4 is 5.32 Å². The smallest absolute Gasteiger partial charge is 0.00671 e. The first kappa shape index (κ1) is 9.22. The van der Waals surface area contributed by atoms with Gasteiger partial charge in [-0.25, -0.2) is 0 Å². The molecule has 2 rings (SSSR count). The first-order chi connectivity index (χ1) is 6.45. The molecular weight excluding hydrogens is 178 g/mol. The average Bonchev–Trinajstić information content (AvgIpc) is 2.75. The van der Waals surface area contributed by atoms with E-state index in [4.69, 9.17) is 0 Å². The molecule has 0 atom stereocenters. The van der Waals surface area contributed by atoms with Crippen molar-refractivity contribution in [3.8, 4) is 0 Å². The van der Waals surface area contributed by atoms with E-state index in [9.17, 15) is 0 Å². The molecular formula is C11H17NS. The lowest BCUT2D eigenvalue weighted by molar-refractivity contribution is 0.529. The molecule has 1 aliphatic carbocycles. The molecule has 0 spiro atoms. The molecule has 72 valence electrons. The topological polar surface area (TPSA) is 12.0 Å². The van der Waals surface area contributed by atoms with Crippen molar-refractivity contribution < 1.29 is 0 Å². The van der Waals surface area contributed by atoms with Gasteiger partial charge in [-0.15, -0.1) is 11.3 Å². The summed E-state index contributed by atoms with van der Waals surface area (Å²) in [5, 5.41) is 5.78. The van der Waals surface area contributed by atoms with Crippen LogP contribution in [0.3, 0.4) is 0 Å². The van der Waals surface area contributed by atoms with Gasteiger partial charge in [0.1, 0.15) is 0 Å². The van der Waals surface area contributed by atoms with Crippen molar-refractivity contribution in [3.05, 3.63) is 22.4 Å². The zero-order valence-electron chi connectivity index (χ0n) is 7.96. The Balaban J connectivity index is 1.63. The predicted octanol–water partition coefficient (Wildman–Crippen LogP) is 2.82. The minimum atomic E-state index is 0.819. The van der Waals surface area contributed by atoms with E-state index in [0.717, 1.165) is 12.6 Å². The number of rotatable bonds is 4. The first-order valence-corrected chi connectivity index (χ1v) is 6.09. The SMILES string of the molecule is c1csc(CCNC2CCCC2)c1. The van der Waals surface area contributed by atoms with Gasteiger partial charge in [0.05, 0.1) is 0 Å². The molecule has 1 fully saturated rings. The Morgan fingerprint density at radius 1 is 1.38 bits per heavy atom. The van der Waals surface area contributed by atoms with Crippen molar-refractivity contribution in [1.82, 2.24) is 5.32 Å². The third-order valence-electron chi connectivity index (χ3n) is 2.74. The summed E-state index contributed by atoms with van der Waals surface area (Å²) >= 11 is 1.87. The Labute approximate surface area is 84.2 Å². The van der Waals surface area contributed by atoms with Gasteiger partial charge in [-0.2, -0.15) is 0 Å². The largest absolute Gasteiger partial charge is 0.314 e. The molecule has 1 aromatic heterocycles. The molecule has 1 aromatic rings. The molecule has 1 saturated carbocycles. The van der Waals surface area contributed by atoms with Crippen molar-refractivity contribution >= 4 is 11.3 Å². The molecule has 1 heterocycles. The monoisotopic (exact) mass is 195 g/mol. The molecule has 0 bridgehead atoms. The van der Waals surface area contributed by atoms with Crippen molar-refractivity contribution in [2.75, 3.05) is 6.54 Å². The van der Waals surface area contributed by atoms with Gasteiger partial charge in [0.2, 0.25) is 0 Å². The second-order valence-corrected chi connectivity index (χ2v) is 4.80. The highest BCUT2D eigenvalue weighted by Crippen LogP contribution is 2.17. The molecule has 0 saturated heterocycles. The maximum absolute atomic E-state index is 3.63. The van der Waals surface area contributed by atoms with Crippen LogP contribution in [0.5, 0.6) is 0 Å². The Bertz CT molecular complexity index is 224. The van der Waals surface area contributed by atoms with Crippen LogP contribution in [-0.4, -0.2) is 12.6 Å². The first-order valence-electron chi connectivity index (χ1n) is 5.21. The Hall–Kier alpha value is -0.340. The number of thiophene rings is 1. The maximum Gasteiger partial charge on any atom is 0.00671 e. The number of hydrogen-bond donors (Lipinski definition) is 1. The Kier molecular flexibility index (Phi) is 3.39. The summed E-state index contributed by atoms with van der Waals surface area (Å²) in [6.07, 6.45) is 6.84. The molecule has 0 amide bonds. The van der Waals surface area contributed by atoms with Crippen LogP contribution in [0, 0.1) is 0 Å². The molecule has 0 aliphatic heterocycles. The minimum Gasteiger partial charge on any atom is -0.314 e. The van der Waals surface area contributed by atoms with Gasteiger partial charge < -0.3 is 5.32 Å². The van der Waals surface area contributed by atoms with Crippen LogP contribution in [0.1, 0.15) is 30.6 Å². The van der Waals surface area contributed by atoms with Crippen LogP contribution in [-0.2, 0) is 6.42 Å². The minimum absolute atomic E-state index is 0.819. The summed E-state index contributed by atoms with van der Waals surface area (Å²) < 4.78 is 0. The normalized spacial score (nSPS) is 18.2. The van der Waals surface area contributed by atoms with E-state index in [1.165, 1.54) is 37.0 Å². The molecule has 1 N–H and O–H groups in total. The summed E-state index contributed by atoms with van der Waals surface area (Å²) in [6.45, 7) is 1.16. The summed E-state index contributed by atoms with van der Waals surface area (Å²) in [6, 6.07) is 5.18. The molecule has 2 heteroatoms. The van der Waals surface area contributed by atoms with Crippen molar-refractivity contribution in [3.63, 3.8) is 0 Å². The van der Waals surface area contributed by atoms with Gasteiger partial charge in [0.15, 0.2) is 0 Å². The summed E-state index contributed by atoms with van der Waals surface area (Å²) in [5.41, 5.74) is 0. The summed E-state index contributed by atoms with van der Waals surface area (Å²) in [4.78, 5) is 1.51. The molecule has 1 nitrogen and oxygen atoms in total. The quantitative estimate of drug-likeness (QED) is 0.779. The van der Waals surface area contributed by atoms with Crippen molar-refractivity contribution in [2.24, 2.45) is 0 Å². The third-order valence-corrected chi connectivity index (χ3v) is 3.68.